The lowest BCUT2D eigenvalue weighted by Crippen LogP contribution is -2.12. The van der Waals surface area contributed by atoms with Crippen LogP contribution in [0.1, 0.15) is 11.1 Å². The summed E-state index contributed by atoms with van der Waals surface area (Å²) in [5.74, 6) is 1.93. The molecular weight excluding hydrogens is 270 g/mol. The van der Waals surface area contributed by atoms with E-state index in [-0.39, 0.29) is 0 Å². The normalized spacial score (nSPS) is 10.5. The maximum atomic E-state index is 5.34. The van der Waals surface area contributed by atoms with Gasteiger partial charge in [0, 0.05) is 31.9 Å². The van der Waals surface area contributed by atoms with E-state index in [1.54, 1.807) is 26.0 Å². The number of hydrogen-bond acceptors (Lipinski definition) is 5. The van der Waals surface area contributed by atoms with Crippen molar-refractivity contribution in [1.29, 1.82) is 0 Å². The summed E-state index contributed by atoms with van der Waals surface area (Å²) in [7, 11) is 6.73. The fraction of sp³-hybridized carbons (Fsp3) is 0.400. The van der Waals surface area contributed by atoms with Crippen LogP contribution in [0.3, 0.4) is 0 Å². The van der Waals surface area contributed by atoms with Crippen molar-refractivity contribution in [3.05, 3.63) is 35.7 Å². The van der Waals surface area contributed by atoms with Gasteiger partial charge in [-0.1, -0.05) is 0 Å². The SMILES string of the molecule is COc1cc(CNCc2cnn(C)c2)cc(OC)c1OC. The fourth-order valence-electron chi connectivity index (χ4n) is 2.15. The van der Waals surface area contributed by atoms with Crippen molar-refractivity contribution in [1.82, 2.24) is 15.1 Å². The lowest BCUT2D eigenvalue weighted by Gasteiger charge is -2.14. The minimum absolute atomic E-state index is 0.607. The Bertz CT molecular complexity index is 571. The summed E-state index contributed by atoms with van der Waals surface area (Å²) in [6.45, 7) is 1.45. The number of aromatic nitrogens is 2. The summed E-state index contributed by atoms with van der Waals surface area (Å²) < 4.78 is 17.8. The molecule has 6 heteroatoms. The first kappa shape index (κ1) is 15.2. The first-order chi connectivity index (χ1) is 10.2. The molecule has 0 spiro atoms. The molecule has 0 aliphatic carbocycles. The number of nitrogens with zero attached hydrogens (tertiary/aromatic N) is 2. The number of benzene rings is 1. The van der Waals surface area contributed by atoms with Gasteiger partial charge in [-0.3, -0.25) is 4.68 Å². The molecule has 0 radical (unpaired) electrons. The molecule has 0 saturated heterocycles. The molecule has 2 aromatic rings. The van der Waals surface area contributed by atoms with Gasteiger partial charge >= 0.3 is 0 Å². The molecule has 0 saturated carbocycles. The van der Waals surface area contributed by atoms with Crippen molar-refractivity contribution in [3.8, 4) is 17.2 Å². The molecule has 0 aliphatic rings. The lowest BCUT2D eigenvalue weighted by atomic mass is 10.1. The van der Waals surface area contributed by atoms with E-state index in [0.29, 0.717) is 23.8 Å². The van der Waals surface area contributed by atoms with Crippen molar-refractivity contribution in [3.63, 3.8) is 0 Å². The molecular formula is C15H21N3O3. The zero-order valence-electron chi connectivity index (χ0n) is 12.8. The highest BCUT2D eigenvalue weighted by Crippen LogP contribution is 2.38. The average molecular weight is 291 g/mol. The molecule has 0 amide bonds. The van der Waals surface area contributed by atoms with Crippen LogP contribution < -0.4 is 19.5 Å². The molecule has 6 nitrogen and oxygen atoms in total. The summed E-state index contributed by atoms with van der Waals surface area (Å²) in [6.07, 6.45) is 3.84. The third kappa shape index (κ3) is 3.66. The van der Waals surface area contributed by atoms with E-state index >= 15 is 0 Å². The zero-order valence-corrected chi connectivity index (χ0v) is 12.8. The second-order valence-electron chi connectivity index (χ2n) is 4.66. The zero-order chi connectivity index (χ0) is 15.2. The van der Waals surface area contributed by atoms with Crippen molar-refractivity contribution < 1.29 is 14.2 Å². The summed E-state index contributed by atoms with van der Waals surface area (Å²) in [4.78, 5) is 0. The van der Waals surface area contributed by atoms with Crippen LogP contribution in [-0.2, 0) is 20.1 Å². The minimum Gasteiger partial charge on any atom is -0.493 e. The van der Waals surface area contributed by atoms with Gasteiger partial charge in [0.25, 0.3) is 0 Å². The Morgan fingerprint density at radius 1 is 1.00 bits per heavy atom. The number of nitrogens with one attached hydrogen (secondary N) is 1. The van der Waals surface area contributed by atoms with E-state index in [1.165, 1.54) is 0 Å². The van der Waals surface area contributed by atoms with Crippen molar-refractivity contribution in [2.45, 2.75) is 13.1 Å². The van der Waals surface area contributed by atoms with Gasteiger partial charge < -0.3 is 19.5 Å². The number of ether oxygens (including phenoxy) is 3. The third-order valence-corrected chi connectivity index (χ3v) is 3.14. The smallest absolute Gasteiger partial charge is 0.203 e. The molecule has 1 N–H and O–H groups in total. The monoisotopic (exact) mass is 291 g/mol. The molecule has 0 fully saturated rings. The van der Waals surface area contributed by atoms with Gasteiger partial charge in [-0.2, -0.15) is 5.10 Å². The largest absolute Gasteiger partial charge is 0.493 e. The third-order valence-electron chi connectivity index (χ3n) is 3.14. The maximum Gasteiger partial charge on any atom is 0.203 e. The summed E-state index contributed by atoms with van der Waals surface area (Å²) in [5, 5.41) is 7.51. The number of aryl methyl sites for hydroxylation is 1. The van der Waals surface area contributed by atoms with Crippen molar-refractivity contribution in [2.75, 3.05) is 21.3 Å². The molecule has 0 bridgehead atoms. The van der Waals surface area contributed by atoms with Gasteiger partial charge in [0.15, 0.2) is 11.5 Å². The Hall–Kier alpha value is -2.21. The van der Waals surface area contributed by atoms with Crippen LogP contribution in [0.25, 0.3) is 0 Å². The van der Waals surface area contributed by atoms with Crippen molar-refractivity contribution in [2.24, 2.45) is 7.05 Å². The highest BCUT2D eigenvalue weighted by atomic mass is 16.5. The van der Waals surface area contributed by atoms with Crippen LogP contribution in [0.2, 0.25) is 0 Å². The van der Waals surface area contributed by atoms with Gasteiger partial charge in [0.2, 0.25) is 5.75 Å². The Labute approximate surface area is 124 Å². The van der Waals surface area contributed by atoms with E-state index < -0.39 is 0 Å². The fourth-order valence-corrected chi connectivity index (χ4v) is 2.15. The molecule has 0 atom stereocenters. The first-order valence-corrected chi connectivity index (χ1v) is 6.65. The van der Waals surface area contributed by atoms with Crippen LogP contribution in [0.4, 0.5) is 0 Å². The van der Waals surface area contributed by atoms with Crippen LogP contribution >= 0.6 is 0 Å². The predicted molar refractivity (Wildman–Crippen MR) is 79.8 cm³/mol. The summed E-state index contributed by atoms with van der Waals surface area (Å²) in [6, 6.07) is 3.88. The lowest BCUT2D eigenvalue weighted by molar-refractivity contribution is 0.323. The van der Waals surface area contributed by atoms with Gasteiger partial charge in [-0.05, 0) is 17.7 Å². The molecule has 21 heavy (non-hydrogen) atoms. The summed E-state index contributed by atoms with van der Waals surface area (Å²) >= 11 is 0. The number of methoxy groups -OCH3 is 3. The van der Waals surface area contributed by atoms with Gasteiger partial charge in [-0.25, -0.2) is 0 Å². The van der Waals surface area contributed by atoms with Crippen molar-refractivity contribution >= 4 is 0 Å². The molecule has 1 heterocycles. The van der Waals surface area contributed by atoms with Crippen LogP contribution in [0.5, 0.6) is 17.2 Å². The van der Waals surface area contributed by atoms with Crippen LogP contribution in [0.15, 0.2) is 24.5 Å². The highest BCUT2D eigenvalue weighted by molar-refractivity contribution is 5.53. The van der Waals surface area contributed by atoms with E-state index in [4.69, 9.17) is 14.2 Å². The maximum absolute atomic E-state index is 5.34. The standard InChI is InChI=1S/C15H21N3O3/c1-18-10-12(9-17-18)8-16-7-11-5-13(19-2)15(21-4)14(6-11)20-3/h5-6,9-10,16H,7-8H2,1-4H3. The molecule has 1 aromatic heterocycles. The van der Waals surface area contributed by atoms with E-state index in [2.05, 4.69) is 10.4 Å². The van der Waals surface area contributed by atoms with E-state index in [0.717, 1.165) is 17.7 Å². The van der Waals surface area contributed by atoms with Crippen LogP contribution in [0, 0.1) is 0 Å². The number of hydrogen-bond donors (Lipinski definition) is 1. The quantitative estimate of drug-likeness (QED) is 0.842. The molecule has 0 unspecified atom stereocenters. The van der Waals surface area contributed by atoms with E-state index in [1.807, 2.05) is 31.6 Å². The second-order valence-corrected chi connectivity index (χ2v) is 4.66. The summed E-state index contributed by atoms with van der Waals surface area (Å²) in [5.41, 5.74) is 2.21. The Morgan fingerprint density at radius 3 is 2.10 bits per heavy atom. The topological polar surface area (TPSA) is 57.5 Å². The highest BCUT2D eigenvalue weighted by Gasteiger charge is 2.12. The van der Waals surface area contributed by atoms with Crippen LogP contribution in [-0.4, -0.2) is 31.1 Å². The Kier molecular flexibility index (Phi) is 5.05. The molecule has 0 aliphatic heterocycles. The average Bonchev–Trinajstić information content (AvgIpc) is 2.91. The Balaban J connectivity index is 2.05. The first-order valence-electron chi connectivity index (χ1n) is 6.65. The van der Waals surface area contributed by atoms with E-state index in [9.17, 15) is 0 Å². The minimum atomic E-state index is 0.607. The van der Waals surface area contributed by atoms with Gasteiger partial charge in [0.05, 0.1) is 27.5 Å². The number of rotatable bonds is 7. The molecule has 1 aromatic carbocycles. The predicted octanol–water partition coefficient (Wildman–Crippen LogP) is 1.74. The van der Waals surface area contributed by atoms with Gasteiger partial charge in [0.1, 0.15) is 0 Å². The Morgan fingerprint density at radius 2 is 1.62 bits per heavy atom. The second kappa shape index (κ2) is 6.99. The molecule has 2 rings (SSSR count). The van der Waals surface area contributed by atoms with Gasteiger partial charge in [-0.15, -0.1) is 0 Å². The molecule has 114 valence electrons.